The van der Waals surface area contributed by atoms with E-state index in [4.69, 9.17) is 0 Å². The molecule has 1 aliphatic carbocycles. The fourth-order valence-corrected chi connectivity index (χ4v) is 3.60. The molecule has 0 radical (unpaired) electrons. The van der Waals surface area contributed by atoms with Gasteiger partial charge in [0.25, 0.3) is 0 Å². The lowest BCUT2D eigenvalue weighted by molar-refractivity contribution is 0.565. The molecule has 0 fully saturated rings. The van der Waals surface area contributed by atoms with Crippen LogP contribution in [-0.4, -0.2) is 6.54 Å². The molecule has 1 aromatic carbocycles. The van der Waals surface area contributed by atoms with Crippen molar-refractivity contribution in [1.29, 1.82) is 0 Å². The molecule has 0 heterocycles. The molecular formula is C18H26IN. The summed E-state index contributed by atoms with van der Waals surface area (Å²) in [5.41, 5.74) is 4.47. The van der Waals surface area contributed by atoms with E-state index in [1.807, 2.05) is 0 Å². The van der Waals surface area contributed by atoms with Gasteiger partial charge in [-0.2, -0.15) is 0 Å². The van der Waals surface area contributed by atoms with E-state index in [0.717, 1.165) is 6.54 Å². The highest BCUT2D eigenvalue weighted by molar-refractivity contribution is 14.1. The van der Waals surface area contributed by atoms with Crippen molar-refractivity contribution in [3.63, 3.8) is 0 Å². The first kappa shape index (κ1) is 16.0. The van der Waals surface area contributed by atoms with E-state index in [1.54, 1.807) is 5.57 Å². The van der Waals surface area contributed by atoms with Crippen LogP contribution in [0.15, 0.2) is 29.8 Å². The minimum absolute atomic E-state index is 0.417. The topological polar surface area (TPSA) is 12.0 Å². The van der Waals surface area contributed by atoms with Crippen LogP contribution >= 0.6 is 22.6 Å². The predicted octanol–water partition coefficient (Wildman–Crippen LogP) is 5.53. The number of allylic oxidation sites excluding steroid dienone is 1. The van der Waals surface area contributed by atoms with Crippen molar-refractivity contribution in [3.05, 3.63) is 44.5 Å². The number of rotatable bonds is 5. The smallest absolute Gasteiger partial charge is 0.0546 e. The SMILES string of the molecule is CCCNC(C1=CCCCCC1)c1cccc(C)c1I. The molecule has 2 heteroatoms. The Morgan fingerprint density at radius 2 is 2.10 bits per heavy atom. The summed E-state index contributed by atoms with van der Waals surface area (Å²) >= 11 is 2.51. The standard InChI is InChI=1S/C18H26IN/c1-3-13-20-18(15-10-6-4-5-7-11-15)16-12-8-9-14(2)17(16)19/h8-10,12,18,20H,3-7,11,13H2,1-2H3. The van der Waals surface area contributed by atoms with E-state index < -0.39 is 0 Å². The highest BCUT2D eigenvalue weighted by Crippen LogP contribution is 2.32. The third-order valence-electron chi connectivity index (χ3n) is 4.08. The second-order valence-corrected chi connectivity index (χ2v) is 6.82. The van der Waals surface area contributed by atoms with E-state index in [0.29, 0.717) is 6.04 Å². The first-order valence-electron chi connectivity index (χ1n) is 7.91. The molecule has 0 aliphatic heterocycles. The molecule has 0 spiro atoms. The van der Waals surface area contributed by atoms with E-state index in [2.05, 4.69) is 66.0 Å². The molecule has 1 nitrogen and oxygen atoms in total. The Balaban J connectivity index is 2.30. The summed E-state index contributed by atoms with van der Waals surface area (Å²) in [7, 11) is 0. The Morgan fingerprint density at radius 3 is 2.90 bits per heavy atom. The average molecular weight is 383 g/mol. The largest absolute Gasteiger partial charge is 0.307 e. The van der Waals surface area contributed by atoms with Gasteiger partial charge in [0.1, 0.15) is 0 Å². The molecule has 0 saturated heterocycles. The maximum atomic E-state index is 3.78. The molecular weight excluding hydrogens is 357 g/mol. The van der Waals surface area contributed by atoms with E-state index >= 15 is 0 Å². The third kappa shape index (κ3) is 4.08. The zero-order valence-electron chi connectivity index (χ0n) is 12.7. The fourth-order valence-electron chi connectivity index (χ4n) is 2.92. The van der Waals surface area contributed by atoms with Gasteiger partial charge in [-0.1, -0.05) is 43.2 Å². The lowest BCUT2D eigenvalue weighted by atomic mass is 9.94. The molecule has 0 amide bonds. The quantitative estimate of drug-likeness (QED) is 0.521. The van der Waals surface area contributed by atoms with Gasteiger partial charge in [0.05, 0.1) is 6.04 Å². The molecule has 0 aromatic heterocycles. The van der Waals surface area contributed by atoms with Crippen LogP contribution in [0, 0.1) is 10.5 Å². The summed E-state index contributed by atoms with van der Waals surface area (Å²) in [5, 5.41) is 3.78. The molecule has 1 N–H and O–H groups in total. The summed E-state index contributed by atoms with van der Waals surface area (Å²) in [4.78, 5) is 0. The van der Waals surface area contributed by atoms with Gasteiger partial charge in [-0.3, -0.25) is 0 Å². The van der Waals surface area contributed by atoms with E-state index in [-0.39, 0.29) is 0 Å². The van der Waals surface area contributed by atoms with Crippen molar-refractivity contribution < 1.29 is 0 Å². The Bertz CT molecular complexity index is 464. The highest BCUT2D eigenvalue weighted by Gasteiger charge is 2.19. The van der Waals surface area contributed by atoms with Crippen molar-refractivity contribution >= 4 is 22.6 Å². The number of halogens is 1. The zero-order valence-corrected chi connectivity index (χ0v) is 14.9. The third-order valence-corrected chi connectivity index (χ3v) is 5.55. The number of nitrogens with one attached hydrogen (secondary N) is 1. The Morgan fingerprint density at radius 1 is 1.25 bits per heavy atom. The van der Waals surface area contributed by atoms with Crippen molar-refractivity contribution in [3.8, 4) is 0 Å². The molecule has 1 unspecified atom stereocenters. The zero-order chi connectivity index (χ0) is 14.4. The van der Waals surface area contributed by atoms with Crippen LogP contribution in [0.5, 0.6) is 0 Å². The Kier molecular flexibility index (Phi) is 6.56. The van der Waals surface area contributed by atoms with Crippen molar-refractivity contribution in [1.82, 2.24) is 5.32 Å². The summed E-state index contributed by atoms with van der Waals surface area (Å²) < 4.78 is 1.42. The van der Waals surface area contributed by atoms with E-state index in [9.17, 15) is 0 Å². The van der Waals surface area contributed by atoms with Gasteiger partial charge < -0.3 is 5.32 Å². The van der Waals surface area contributed by atoms with Gasteiger partial charge in [-0.25, -0.2) is 0 Å². The lowest BCUT2D eigenvalue weighted by Crippen LogP contribution is -2.25. The number of hydrogen-bond acceptors (Lipinski definition) is 1. The average Bonchev–Trinajstić information content (AvgIpc) is 2.73. The first-order chi connectivity index (χ1) is 9.74. The van der Waals surface area contributed by atoms with Crippen LogP contribution < -0.4 is 5.32 Å². The van der Waals surface area contributed by atoms with Crippen LogP contribution in [0.1, 0.15) is 62.6 Å². The predicted molar refractivity (Wildman–Crippen MR) is 96.1 cm³/mol. The second kappa shape index (κ2) is 8.18. The van der Waals surface area contributed by atoms with E-state index in [1.165, 1.54) is 53.2 Å². The normalized spacial score (nSPS) is 17.4. The van der Waals surface area contributed by atoms with Gasteiger partial charge in [-0.15, -0.1) is 0 Å². The molecule has 2 rings (SSSR count). The minimum Gasteiger partial charge on any atom is -0.307 e. The molecule has 110 valence electrons. The first-order valence-corrected chi connectivity index (χ1v) is 8.99. The van der Waals surface area contributed by atoms with Gasteiger partial charge in [-0.05, 0) is 79.3 Å². The monoisotopic (exact) mass is 383 g/mol. The highest BCUT2D eigenvalue weighted by atomic mass is 127. The Hall–Kier alpha value is -0.350. The van der Waals surface area contributed by atoms with Gasteiger partial charge in [0.2, 0.25) is 0 Å². The molecule has 1 aliphatic rings. The van der Waals surface area contributed by atoms with Gasteiger partial charge >= 0.3 is 0 Å². The lowest BCUT2D eigenvalue weighted by Gasteiger charge is -2.24. The summed E-state index contributed by atoms with van der Waals surface area (Å²) in [5.74, 6) is 0. The molecule has 1 aromatic rings. The van der Waals surface area contributed by atoms with Crippen LogP contribution in [-0.2, 0) is 0 Å². The van der Waals surface area contributed by atoms with Crippen molar-refractivity contribution in [2.45, 2.75) is 58.4 Å². The number of aryl methyl sites for hydroxylation is 1. The molecule has 0 saturated carbocycles. The maximum absolute atomic E-state index is 3.78. The molecule has 20 heavy (non-hydrogen) atoms. The molecule has 0 bridgehead atoms. The summed E-state index contributed by atoms with van der Waals surface area (Å²) in [6.07, 6.45) is 10.3. The maximum Gasteiger partial charge on any atom is 0.0546 e. The van der Waals surface area contributed by atoms with Crippen LogP contribution in [0.3, 0.4) is 0 Å². The van der Waals surface area contributed by atoms with Crippen molar-refractivity contribution in [2.75, 3.05) is 6.54 Å². The number of hydrogen-bond donors (Lipinski definition) is 1. The van der Waals surface area contributed by atoms with Gasteiger partial charge in [0.15, 0.2) is 0 Å². The fraction of sp³-hybridized carbons (Fsp3) is 0.556. The van der Waals surface area contributed by atoms with Crippen LogP contribution in [0.25, 0.3) is 0 Å². The second-order valence-electron chi connectivity index (χ2n) is 5.74. The van der Waals surface area contributed by atoms with Crippen LogP contribution in [0.2, 0.25) is 0 Å². The minimum atomic E-state index is 0.417. The van der Waals surface area contributed by atoms with Crippen LogP contribution in [0.4, 0.5) is 0 Å². The summed E-state index contributed by atoms with van der Waals surface area (Å²) in [6, 6.07) is 7.13. The Labute approximate surface area is 137 Å². The van der Waals surface area contributed by atoms with Gasteiger partial charge in [0, 0.05) is 3.57 Å². The van der Waals surface area contributed by atoms with Crippen molar-refractivity contribution in [2.24, 2.45) is 0 Å². The number of benzene rings is 1. The summed E-state index contributed by atoms with van der Waals surface area (Å²) in [6.45, 7) is 5.54. The molecule has 1 atom stereocenters.